The van der Waals surface area contributed by atoms with Crippen molar-refractivity contribution in [2.45, 2.75) is 19.2 Å². The smallest absolute Gasteiger partial charge is 0.175 e. The van der Waals surface area contributed by atoms with Crippen molar-refractivity contribution in [2.24, 2.45) is 0 Å². The Morgan fingerprint density at radius 3 is 2.86 bits per heavy atom. The van der Waals surface area contributed by atoms with Crippen molar-refractivity contribution in [3.63, 3.8) is 0 Å². The molecule has 0 aliphatic heterocycles. The summed E-state index contributed by atoms with van der Waals surface area (Å²) in [5, 5.41) is 11.3. The summed E-state index contributed by atoms with van der Waals surface area (Å²) >= 11 is 7.26. The monoisotopic (exact) mass is 226 g/mol. The lowest BCUT2D eigenvalue weighted by molar-refractivity contribution is 0.485. The fourth-order valence-corrected chi connectivity index (χ4v) is 3.11. The number of benzene rings is 1. The van der Waals surface area contributed by atoms with Gasteiger partial charge in [-0.1, -0.05) is 36.5 Å². The fraction of sp³-hybridized carbons (Fsp3) is 0.273. The van der Waals surface area contributed by atoms with Gasteiger partial charge in [0, 0.05) is 16.1 Å². The highest BCUT2D eigenvalue weighted by molar-refractivity contribution is 7.21. The van der Waals surface area contributed by atoms with Crippen molar-refractivity contribution in [1.82, 2.24) is 0 Å². The number of alkyl halides is 1. The van der Waals surface area contributed by atoms with Crippen LogP contribution in [0.5, 0.6) is 5.06 Å². The number of thiophene rings is 1. The molecule has 0 aliphatic carbocycles. The predicted molar refractivity (Wildman–Crippen MR) is 62.4 cm³/mol. The number of halogens is 1. The molecule has 74 valence electrons. The highest BCUT2D eigenvalue weighted by Gasteiger charge is 2.11. The zero-order valence-corrected chi connectivity index (χ0v) is 9.45. The SMILES string of the molecule is CCc1c(O)sc2c(CCl)cccc12. The number of aromatic hydroxyl groups is 1. The fourth-order valence-electron chi connectivity index (χ4n) is 1.66. The Kier molecular flexibility index (Phi) is 2.66. The Morgan fingerprint density at radius 1 is 1.43 bits per heavy atom. The zero-order chi connectivity index (χ0) is 10.1. The number of hydrogen-bond donors (Lipinski definition) is 1. The summed E-state index contributed by atoms with van der Waals surface area (Å²) in [7, 11) is 0. The molecule has 0 saturated carbocycles. The molecular formula is C11H11ClOS. The van der Waals surface area contributed by atoms with Crippen LogP contribution in [-0.4, -0.2) is 5.11 Å². The molecule has 1 aromatic heterocycles. The molecule has 1 heterocycles. The number of aryl methyl sites for hydroxylation is 1. The molecule has 0 unspecified atom stereocenters. The first kappa shape index (κ1) is 9.81. The molecule has 14 heavy (non-hydrogen) atoms. The second-order valence-electron chi connectivity index (χ2n) is 3.17. The quantitative estimate of drug-likeness (QED) is 0.770. The maximum absolute atomic E-state index is 9.73. The second kappa shape index (κ2) is 3.79. The van der Waals surface area contributed by atoms with Gasteiger partial charge in [-0.3, -0.25) is 0 Å². The van der Waals surface area contributed by atoms with Crippen LogP contribution in [0.3, 0.4) is 0 Å². The maximum atomic E-state index is 9.73. The van der Waals surface area contributed by atoms with Gasteiger partial charge in [-0.25, -0.2) is 0 Å². The zero-order valence-electron chi connectivity index (χ0n) is 7.88. The molecule has 0 saturated heterocycles. The minimum atomic E-state index is 0.431. The molecule has 2 aromatic rings. The highest BCUT2D eigenvalue weighted by atomic mass is 35.5. The van der Waals surface area contributed by atoms with Crippen molar-refractivity contribution in [1.29, 1.82) is 0 Å². The van der Waals surface area contributed by atoms with Crippen LogP contribution in [0.1, 0.15) is 18.1 Å². The van der Waals surface area contributed by atoms with Crippen molar-refractivity contribution >= 4 is 33.0 Å². The lowest BCUT2D eigenvalue weighted by atomic mass is 10.1. The first-order valence-electron chi connectivity index (χ1n) is 4.56. The van der Waals surface area contributed by atoms with E-state index < -0.39 is 0 Å². The predicted octanol–water partition coefficient (Wildman–Crippen LogP) is 3.91. The molecule has 0 radical (unpaired) electrons. The Morgan fingerprint density at radius 2 is 2.21 bits per heavy atom. The van der Waals surface area contributed by atoms with Gasteiger partial charge in [-0.05, 0) is 17.4 Å². The molecule has 0 atom stereocenters. The Bertz CT molecular complexity index is 462. The number of fused-ring (bicyclic) bond motifs is 1. The van der Waals surface area contributed by atoms with Gasteiger partial charge >= 0.3 is 0 Å². The van der Waals surface area contributed by atoms with E-state index in [1.165, 1.54) is 11.3 Å². The standard InChI is InChI=1S/C11H11ClOS/c1-2-8-9-5-3-4-7(6-12)10(9)14-11(8)13/h3-5,13H,2,6H2,1H3. The van der Waals surface area contributed by atoms with Crippen molar-refractivity contribution in [3.8, 4) is 5.06 Å². The van der Waals surface area contributed by atoms with Crippen LogP contribution in [0.2, 0.25) is 0 Å². The first-order valence-corrected chi connectivity index (χ1v) is 5.91. The summed E-state index contributed by atoms with van der Waals surface area (Å²) in [5.41, 5.74) is 2.14. The Balaban J connectivity index is 2.79. The van der Waals surface area contributed by atoms with Crippen molar-refractivity contribution < 1.29 is 5.11 Å². The molecule has 0 aliphatic rings. The largest absolute Gasteiger partial charge is 0.499 e. The Labute approximate surface area is 91.9 Å². The minimum Gasteiger partial charge on any atom is -0.499 e. The summed E-state index contributed by atoms with van der Waals surface area (Å²) in [6.07, 6.45) is 0.859. The molecule has 3 heteroatoms. The van der Waals surface area contributed by atoms with Crippen molar-refractivity contribution in [2.75, 3.05) is 0 Å². The molecule has 1 aromatic carbocycles. The summed E-state index contributed by atoms with van der Waals surface area (Å²) in [6, 6.07) is 6.04. The third-order valence-corrected chi connectivity index (χ3v) is 3.79. The third kappa shape index (κ3) is 1.39. The van der Waals surface area contributed by atoms with E-state index in [0.717, 1.165) is 27.6 Å². The molecule has 0 amide bonds. The highest BCUT2D eigenvalue weighted by Crippen LogP contribution is 2.39. The van der Waals surface area contributed by atoms with Gasteiger partial charge < -0.3 is 5.11 Å². The molecular weight excluding hydrogens is 216 g/mol. The van der Waals surface area contributed by atoms with E-state index in [-0.39, 0.29) is 0 Å². The lowest BCUT2D eigenvalue weighted by Gasteiger charge is -1.97. The van der Waals surface area contributed by atoms with E-state index in [1.807, 2.05) is 18.2 Å². The van der Waals surface area contributed by atoms with Crippen LogP contribution in [0.25, 0.3) is 10.1 Å². The van der Waals surface area contributed by atoms with Crippen LogP contribution >= 0.6 is 22.9 Å². The van der Waals surface area contributed by atoms with Gasteiger partial charge in [0.15, 0.2) is 5.06 Å². The minimum absolute atomic E-state index is 0.431. The average Bonchev–Trinajstić information content (AvgIpc) is 2.52. The van der Waals surface area contributed by atoms with E-state index in [9.17, 15) is 5.11 Å². The van der Waals surface area contributed by atoms with Crippen molar-refractivity contribution in [3.05, 3.63) is 29.3 Å². The third-order valence-electron chi connectivity index (χ3n) is 2.38. The number of hydrogen-bond acceptors (Lipinski definition) is 2. The van der Waals surface area contributed by atoms with E-state index in [4.69, 9.17) is 11.6 Å². The van der Waals surface area contributed by atoms with Crippen LogP contribution in [0.4, 0.5) is 0 Å². The van der Waals surface area contributed by atoms with Crippen LogP contribution in [0.15, 0.2) is 18.2 Å². The van der Waals surface area contributed by atoms with Gasteiger partial charge in [-0.15, -0.1) is 11.6 Å². The second-order valence-corrected chi connectivity index (χ2v) is 4.43. The summed E-state index contributed by atoms with van der Waals surface area (Å²) in [6.45, 7) is 2.05. The molecule has 0 bridgehead atoms. The summed E-state index contributed by atoms with van der Waals surface area (Å²) in [4.78, 5) is 0. The summed E-state index contributed by atoms with van der Waals surface area (Å²) < 4.78 is 1.12. The summed E-state index contributed by atoms with van der Waals surface area (Å²) in [5.74, 6) is 0.500. The van der Waals surface area contributed by atoms with E-state index in [0.29, 0.717) is 10.9 Å². The Hall–Kier alpha value is -0.730. The van der Waals surface area contributed by atoms with Gasteiger partial charge in [0.2, 0.25) is 0 Å². The molecule has 0 spiro atoms. The first-order chi connectivity index (χ1) is 6.77. The maximum Gasteiger partial charge on any atom is 0.175 e. The average molecular weight is 227 g/mol. The molecule has 2 rings (SSSR count). The van der Waals surface area contributed by atoms with Crippen LogP contribution in [0, 0.1) is 0 Å². The van der Waals surface area contributed by atoms with E-state index in [1.54, 1.807) is 0 Å². The van der Waals surface area contributed by atoms with Crippen LogP contribution < -0.4 is 0 Å². The van der Waals surface area contributed by atoms with E-state index in [2.05, 4.69) is 6.92 Å². The van der Waals surface area contributed by atoms with E-state index >= 15 is 0 Å². The normalized spacial score (nSPS) is 11.0. The van der Waals surface area contributed by atoms with Gasteiger partial charge in [0.1, 0.15) is 0 Å². The molecule has 1 N–H and O–H groups in total. The van der Waals surface area contributed by atoms with Gasteiger partial charge in [-0.2, -0.15) is 0 Å². The van der Waals surface area contributed by atoms with Gasteiger partial charge in [0.05, 0.1) is 0 Å². The number of rotatable bonds is 2. The lowest BCUT2D eigenvalue weighted by Crippen LogP contribution is -1.79. The molecule has 0 fully saturated rings. The van der Waals surface area contributed by atoms with Crippen LogP contribution in [-0.2, 0) is 12.3 Å². The van der Waals surface area contributed by atoms with Gasteiger partial charge in [0.25, 0.3) is 0 Å². The topological polar surface area (TPSA) is 20.2 Å². The molecule has 1 nitrogen and oxygen atoms in total.